The summed E-state index contributed by atoms with van der Waals surface area (Å²) in [6, 6.07) is 6.67. The molecule has 21 heavy (non-hydrogen) atoms. The highest BCUT2D eigenvalue weighted by Crippen LogP contribution is 2.32. The molecular weight excluding hydrogens is 358 g/mol. The molecule has 0 aliphatic carbocycles. The van der Waals surface area contributed by atoms with E-state index in [0.717, 1.165) is 19.3 Å². The summed E-state index contributed by atoms with van der Waals surface area (Å²) in [5, 5.41) is 0. The third kappa shape index (κ3) is 3.03. The zero-order chi connectivity index (χ0) is 14.9. The van der Waals surface area contributed by atoms with Crippen molar-refractivity contribution in [1.82, 2.24) is 4.31 Å². The van der Waals surface area contributed by atoms with Crippen LogP contribution in [0.4, 0.5) is 0 Å². The third-order valence-corrected chi connectivity index (χ3v) is 6.82. The molecule has 116 valence electrons. The van der Waals surface area contributed by atoms with Gasteiger partial charge in [-0.3, -0.25) is 0 Å². The Bertz CT molecular complexity index is 601. The Morgan fingerprint density at radius 1 is 1.14 bits per heavy atom. The summed E-state index contributed by atoms with van der Waals surface area (Å²) >= 11 is 3.33. The number of hydrogen-bond acceptors (Lipinski definition) is 4. The molecule has 0 amide bonds. The maximum Gasteiger partial charge on any atom is 0.244 e. The van der Waals surface area contributed by atoms with Crippen LogP contribution in [0.2, 0.25) is 0 Å². The van der Waals surface area contributed by atoms with Crippen molar-refractivity contribution >= 4 is 26.0 Å². The van der Waals surface area contributed by atoms with E-state index in [1.165, 1.54) is 0 Å². The first-order valence-electron chi connectivity index (χ1n) is 7.10. The Labute approximate surface area is 133 Å². The Balaban J connectivity index is 1.93. The highest BCUT2D eigenvalue weighted by atomic mass is 79.9. The number of ether oxygens (including phenoxy) is 2. The van der Waals surface area contributed by atoms with Crippen LogP contribution in [0.3, 0.4) is 0 Å². The van der Waals surface area contributed by atoms with E-state index in [2.05, 4.69) is 15.9 Å². The summed E-state index contributed by atoms with van der Waals surface area (Å²) in [5.41, 5.74) is 0. The van der Waals surface area contributed by atoms with Gasteiger partial charge in [-0.15, -0.1) is 0 Å². The van der Waals surface area contributed by atoms with Crippen LogP contribution >= 0.6 is 15.9 Å². The van der Waals surface area contributed by atoms with Crippen LogP contribution in [-0.2, 0) is 19.5 Å². The first kappa shape index (κ1) is 15.4. The number of nitrogens with zero attached hydrogens (tertiary/aromatic N) is 1. The summed E-state index contributed by atoms with van der Waals surface area (Å²) in [6.45, 7) is 1.58. The number of benzene rings is 1. The van der Waals surface area contributed by atoms with Crippen LogP contribution < -0.4 is 0 Å². The van der Waals surface area contributed by atoms with Gasteiger partial charge >= 0.3 is 0 Å². The number of halogens is 1. The first-order valence-corrected chi connectivity index (χ1v) is 9.33. The molecule has 0 saturated carbocycles. The second kappa shape index (κ2) is 6.34. The lowest BCUT2D eigenvalue weighted by Crippen LogP contribution is -2.50. The molecule has 0 aromatic heterocycles. The van der Waals surface area contributed by atoms with Gasteiger partial charge in [0.2, 0.25) is 10.0 Å². The fraction of sp³-hybridized carbons (Fsp3) is 0.571. The van der Waals surface area contributed by atoms with Gasteiger partial charge in [0.05, 0.1) is 24.2 Å². The quantitative estimate of drug-likeness (QED) is 0.813. The summed E-state index contributed by atoms with van der Waals surface area (Å²) in [7, 11) is -3.55. The predicted molar refractivity (Wildman–Crippen MR) is 81.4 cm³/mol. The Morgan fingerprint density at radius 2 is 1.86 bits per heavy atom. The maximum atomic E-state index is 13.0. The van der Waals surface area contributed by atoms with Gasteiger partial charge in [0.1, 0.15) is 0 Å². The van der Waals surface area contributed by atoms with Crippen molar-refractivity contribution in [2.75, 3.05) is 19.8 Å². The average Bonchev–Trinajstić information content (AvgIpc) is 3.01. The SMILES string of the molecule is O=S(=O)(c1ccccc1Br)N1CCCC[C@@H]1C1OCCO1. The van der Waals surface area contributed by atoms with Gasteiger partial charge in [0.15, 0.2) is 6.29 Å². The first-order chi connectivity index (χ1) is 10.1. The topological polar surface area (TPSA) is 55.8 Å². The maximum absolute atomic E-state index is 13.0. The van der Waals surface area contributed by atoms with Crippen molar-refractivity contribution in [3.63, 3.8) is 0 Å². The fourth-order valence-corrected chi connectivity index (χ4v) is 5.53. The van der Waals surface area contributed by atoms with Gasteiger partial charge in [0.25, 0.3) is 0 Å². The summed E-state index contributed by atoms with van der Waals surface area (Å²) in [6.07, 6.45) is 2.19. The Hall–Kier alpha value is -0.470. The van der Waals surface area contributed by atoms with E-state index in [4.69, 9.17) is 9.47 Å². The van der Waals surface area contributed by atoms with Crippen molar-refractivity contribution in [2.45, 2.75) is 36.5 Å². The monoisotopic (exact) mass is 375 g/mol. The van der Waals surface area contributed by atoms with E-state index >= 15 is 0 Å². The molecule has 2 aliphatic heterocycles. The number of rotatable bonds is 3. The molecule has 0 spiro atoms. The molecule has 7 heteroatoms. The lowest BCUT2D eigenvalue weighted by molar-refractivity contribution is -0.0913. The average molecular weight is 376 g/mol. The minimum Gasteiger partial charge on any atom is -0.349 e. The van der Waals surface area contributed by atoms with Gasteiger partial charge in [-0.05, 0) is 40.9 Å². The Morgan fingerprint density at radius 3 is 2.57 bits per heavy atom. The van der Waals surface area contributed by atoms with Crippen LogP contribution in [0.25, 0.3) is 0 Å². The molecule has 2 heterocycles. The molecule has 3 rings (SSSR count). The van der Waals surface area contributed by atoms with Gasteiger partial charge in [0, 0.05) is 11.0 Å². The van der Waals surface area contributed by atoms with Crippen LogP contribution in [0, 0.1) is 0 Å². The second-order valence-electron chi connectivity index (χ2n) is 5.22. The van der Waals surface area contributed by atoms with Crippen LogP contribution in [-0.4, -0.2) is 44.8 Å². The summed E-state index contributed by atoms with van der Waals surface area (Å²) in [4.78, 5) is 0.301. The normalized spacial score (nSPS) is 25.3. The van der Waals surface area contributed by atoms with E-state index in [9.17, 15) is 8.42 Å². The molecule has 2 aliphatic rings. The minimum absolute atomic E-state index is 0.238. The molecule has 0 N–H and O–H groups in total. The van der Waals surface area contributed by atoms with Crippen molar-refractivity contribution in [2.24, 2.45) is 0 Å². The summed E-state index contributed by atoms with van der Waals surface area (Å²) < 4.78 is 39.1. The molecule has 0 radical (unpaired) electrons. The molecule has 5 nitrogen and oxygen atoms in total. The molecule has 1 atom stereocenters. The van der Waals surface area contributed by atoms with E-state index < -0.39 is 16.3 Å². The highest BCUT2D eigenvalue weighted by molar-refractivity contribution is 9.10. The minimum atomic E-state index is -3.55. The molecule has 2 fully saturated rings. The van der Waals surface area contributed by atoms with Gasteiger partial charge < -0.3 is 9.47 Å². The van der Waals surface area contributed by atoms with Crippen molar-refractivity contribution < 1.29 is 17.9 Å². The van der Waals surface area contributed by atoms with Gasteiger partial charge in [-0.2, -0.15) is 4.31 Å². The number of piperidine rings is 1. The van der Waals surface area contributed by atoms with E-state index in [-0.39, 0.29) is 6.04 Å². The van der Waals surface area contributed by atoms with Gasteiger partial charge in [-0.1, -0.05) is 18.6 Å². The zero-order valence-corrected chi connectivity index (χ0v) is 14.0. The van der Waals surface area contributed by atoms with E-state index in [0.29, 0.717) is 29.1 Å². The van der Waals surface area contributed by atoms with E-state index in [1.807, 2.05) is 0 Å². The molecule has 1 aromatic rings. The molecular formula is C14H18BrNO4S. The smallest absolute Gasteiger partial charge is 0.244 e. The molecule has 0 bridgehead atoms. The van der Waals surface area contributed by atoms with Crippen molar-refractivity contribution in [1.29, 1.82) is 0 Å². The molecule has 2 saturated heterocycles. The number of sulfonamides is 1. The van der Waals surface area contributed by atoms with Crippen molar-refractivity contribution in [3.05, 3.63) is 28.7 Å². The highest BCUT2D eigenvalue weighted by Gasteiger charge is 2.40. The molecule has 0 unspecified atom stereocenters. The largest absolute Gasteiger partial charge is 0.349 e. The molecule has 1 aromatic carbocycles. The Kier molecular flexibility index (Phi) is 4.66. The predicted octanol–water partition coefficient (Wildman–Crippen LogP) is 2.37. The van der Waals surface area contributed by atoms with Gasteiger partial charge in [-0.25, -0.2) is 8.42 Å². The fourth-order valence-electron chi connectivity index (χ4n) is 2.88. The number of hydrogen-bond donors (Lipinski definition) is 0. The third-order valence-electron chi connectivity index (χ3n) is 3.88. The zero-order valence-electron chi connectivity index (χ0n) is 11.6. The van der Waals surface area contributed by atoms with E-state index in [1.54, 1.807) is 28.6 Å². The second-order valence-corrected chi connectivity index (χ2v) is 7.93. The van der Waals surface area contributed by atoms with Crippen LogP contribution in [0.15, 0.2) is 33.6 Å². The van der Waals surface area contributed by atoms with Crippen molar-refractivity contribution in [3.8, 4) is 0 Å². The standard InChI is InChI=1S/C14H18BrNO4S/c15-11-5-1-2-7-13(11)21(17,18)16-8-4-3-6-12(16)14-19-9-10-20-14/h1-2,5,7,12,14H,3-4,6,8-10H2/t12-/m1/s1. The van der Waals surface area contributed by atoms with Crippen LogP contribution in [0.5, 0.6) is 0 Å². The lowest BCUT2D eigenvalue weighted by Gasteiger charge is -2.37. The summed E-state index contributed by atoms with van der Waals surface area (Å²) in [5.74, 6) is 0. The van der Waals surface area contributed by atoms with Crippen LogP contribution in [0.1, 0.15) is 19.3 Å². The lowest BCUT2D eigenvalue weighted by atomic mass is 10.0.